The molecule has 2 atom stereocenters. The molecule has 2 aromatic carbocycles. The van der Waals surface area contributed by atoms with Gasteiger partial charge in [0.2, 0.25) is 5.91 Å². The van der Waals surface area contributed by atoms with Crippen LogP contribution < -0.4 is 10.6 Å². The van der Waals surface area contributed by atoms with E-state index in [0.717, 1.165) is 29.7 Å². The van der Waals surface area contributed by atoms with Gasteiger partial charge in [0.1, 0.15) is 6.04 Å². The van der Waals surface area contributed by atoms with Gasteiger partial charge in [0.15, 0.2) is 0 Å². The van der Waals surface area contributed by atoms with E-state index in [0.29, 0.717) is 0 Å². The third-order valence-electron chi connectivity index (χ3n) is 4.32. The maximum atomic E-state index is 12.9. The van der Waals surface area contributed by atoms with Crippen LogP contribution in [0.2, 0.25) is 0 Å². The molecule has 1 aliphatic heterocycles. The molecule has 0 aromatic heterocycles. The number of nitrogens with two attached hydrogens (primary N) is 1. The van der Waals surface area contributed by atoms with Crippen molar-refractivity contribution < 1.29 is 18.0 Å². The molecule has 0 saturated carbocycles. The number of hydrogen-bond donors (Lipinski definition) is 1. The number of carbonyl (C=O) groups is 1. The normalized spacial score (nSPS) is 20.9. The van der Waals surface area contributed by atoms with Crippen LogP contribution in [0.3, 0.4) is 0 Å². The van der Waals surface area contributed by atoms with E-state index in [-0.39, 0.29) is 11.6 Å². The SMILES string of the molecule is CCc1ccc([C@H]2[C@H](N)C(=O)N2c2cccc(C(F)(F)F)c2)cc1. The Balaban J connectivity index is 1.95. The smallest absolute Gasteiger partial charge is 0.318 e. The molecule has 3 rings (SSSR count). The highest BCUT2D eigenvalue weighted by molar-refractivity contribution is 6.05. The molecule has 3 nitrogen and oxygen atoms in total. The van der Waals surface area contributed by atoms with E-state index in [9.17, 15) is 18.0 Å². The summed E-state index contributed by atoms with van der Waals surface area (Å²) in [5.74, 6) is -0.376. The molecule has 0 aliphatic carbocycles. The third-order valence-corrected chi connectivity index (χ3v) is 4.32. The fraction of sp³-hybridized carbons (Fsp3) is 0.278. The predicted octanol–water partition coefficient (Wildman–Crippen LogP) is 3.68. The Morgan fingerprint density at radius 1 is 1.12 bits per heavy atom. The van der Waals surface area contributed by atoms with E-state index in [1.165, 1.54) is 17.0 Å². The molecular formula is C18H17F3N2O. The van der Waals surface area contributed by atoms with Gasteiger partial charge in [-0.3, -0.25) is 4.79 Å². The zero-order chi connectivity index (χ0) is 17.5. The first-order valence-electron chi connectivity index (χ1n) is 7.67. The molecule has 126 valence electrons. The lowest BCUT2D eigenvalue weighted by Gasteiger charge is -2.45. The van der Waals surface area contributed by atoms with Crippen LogP contribution in [-0.4, -0.2) is 11.9 Å². The van der Waals surface area contributed by atoms with Crippen molar-refractivity contribution in [3.8, 4) is 0 Å². The molecule has 6 heteroatoms. The van der Waals surface area contributed by atoms with Gasteiger partial charge in [-0.25, -0.2) is 0 Å². The molecule has 1 heterocycles. The highest BCUT2D eigenvalue weighted by Crippen LogP contribution is 2.40. The minimum Gasteiger partial charge on any atom is -0.318 e. The Morgan fingerprint density at radius 3 is 2.38 bits per heavy atom. The van der Waals surface area contributed by atoms with Crippen LogP contribution in [0.25, 0.3) is 0 Å². The number of halogens is 3. The number of β-lactam (4-membered cyclic amide) rings is 1. The second-order valence-corrected chi connectivity index (χ2v) is 5.82. The first kappa shape index (κ1) is 16.5. The number of benzene rings is 2. The highest BCUT2D eigenvalue weighted by Gasteiger charge is 2.47. The average molecular weight is 334 g/mol. The highest BCUT2D eigenvalue weighted by atomic mass is 19.4. The molecule has 0 bridgehead atoms. The van der Waals surface area contributed by atoms with Gasteiger partial charge >= 0.3 is 6.18 Å². The van der Waals surface area contributed by atoms with Crippen molar-refractivity contribution in [1.29, 1.82) is 0 Å². The lowest BCUT2D eigenvalue weighted by atomic mass is 9.87. The molecule has 1 amide bonds. The number of aryl methyl sites for hydroxylation is 1. The van der Waals surface area contributed by atoms with Crippen molar-refractivity contribution in [1.82, 2.24) is 0 Å². The van der Waals surface area contributed by atoms with Crippen molar-refractivity contribution >= 4 is 11.6 Å². The molecule has 0 unspecified atom stereocenters. The van der Waals surface area contributed by atoms with E-state index in [1.807, 2.05) is 31.2 Å². The van der Waals surface area contributed by atoms with E-state index < -0.39 is 23.8 Å². The van der Waals surface area contributed by atoms with Gasteiger partial charge in [-0.2, -0.15) is 13.2 Å². The van der Waals surface area contributed by atoms with E-state index in [4.69, 9.17) is 5.73 Å². The molecule has 2 aromatic rings. The summed E-state index contributed by atoms with van der Waals surface area (Å²) in [6, 6.07) is 11.2. The summed E-state index contributed by atoms with van der Waals surface area (Å²) < 4.78 is 38.7. The summed E-state index contributed by atoms with van der Waals surface area (Å²) in [7, 11) is 0. The van der Waals surface area contributed by atoms with Crippen molar-refractivity contribution in [2.24, 2.45) is 5.73 Å². The Morgan fingerprint density at radius 2 is 1.79 bits per heavy atom. The second kappa shape index (κ2) is 5.94. The number of carbonyl (C=O) groups excluding carboxylic acids is 1. The van der Waals surface area contributed by atoms with Crippen LogP contribution in [0.15, 0.2) is 48.5 Å². The maximum absolute atomic E-state index is 12.9. The third kappa shape index (κ3) is 2.78. The maximum Gasteiger partial charge on any atom is 0.416 e. The van der Waals surface area contributed by atoms with Crippen LogP contribution >= 0.6 is 0 Å². The molecule has 0 spiro atoms. The predicted molar refractivity (Wildman–Crippen MR) is 85.5 cm³/mol. The Bertz CT molecular complexity index is 756. The van der Waals surface area contributed by atoms with Gasteiger partial charge in [-0.15, -0.1) is 0 Å². The van der Waals surface area contributed by atoms with Gasteiger partial charge in [0.05, 0.1) is 11.6 Å². The van der Waals surface area contributed by atoms with Crippen molar-refractivity contribution in [2.45, 2.75) is 31.6 Å². The molecule has 24 heavy (non-hydrogen) atoms. The summed E-state index contributed by atoms with van der Waals surface area (Å²) >= 11 is 0. The molecule has 1 saturated heterocycles. The number of amides is 1. The number of anilines is 1. The minimum atomic E-state index is -4.45. The van der Waals surface area contributed by atoms with Crippen molar-refractivity contribution in [2.75, 3.05) is 4.90 Å². The van der Waals surface area contributed by atoms with E-state index >= 15 is 0 Å². The summed E-state index contributed by atoms with van der Waals surface area (Å²) in [4.78, 5) is 13.5. The van der Waals surface area contributed by atoms with Crippen LogP contribution in [0, 0.1) is 0 Å². The number of hydrogen-bond acceptors (Lipinski definition) is 2. The van der Waals surface area contributed by atoms with E-state index in [2.05, 4.69) is 0 Å². The monoisotopic (exact) mass is 334 g/mol. The number of nitrogens with zero attached hydrogens (tertiary/aromatic N) is 1. The fourth-order valence-corrected chi connectivity index (χ4v) is 2.94. The molecule has 2 N–H and O–H groups in total. The van der Waals surface area contributed by atoms with Crippen LogP contribution in [0.5, 0.6) is 0 Å². The topological polar surface area (TPSA) is 46.3 Å². The standard InChI is InChI=1S/C18H17F3N2O/c1-2-11-6-8-12(9-7-11)16-15(22)17(24)23(16)14-5-3-4-13(10-14)18(19,20)21/h3-10,15-16H,2,22H2,1H3/t15-,16-/m0/s1. The Hall–Kier alpha value is -2.34. The summed E-state index contributed by atoms with van der Waals surface area (Å²) in [5.41, 5.74) is 7.29. The zero-order valence-corrected chi connectivity index (χ0v) is 13.0. The average Bonchev–Trinajstić information content (AvgIpc) is 2.58. The first-order chi connectivity index (χ1) is 11.3. The molecule has 0 radical (unpaired) electrons. The lowest BCUT2D eigenvalue weighted by Crippen LogP contribution is -2.63. The van der Waals surface area contributed by atoms with Crippen LogP contribution in [-0.2, 0) is 17.4 Å². The largest absolute Gasteiger partial charge is 0.416 e. The van der Waals surface area contributed by atoms with Gasteiger partial charge < -0.3 is 10.6 Å². The van der Waals surface area contributed by atoms with Crippen LogP contribution in [0.1, 0.15) is 29.7 Å². The van der Waals surface area contributed by atoms with E-state index in [1.54, 1.807) is 0 Å². The summed E-state index contributed by atoms with van der Waals surface area (Å²) in [6.45, 7) is 2.03. The van der Waals surface area contributed by atoms with Gasteiger partial charge in [-0.05, 0) is 35.7 Å². The molecular weight excluding hydrogens is 317 g/mol. The Kier molecular flexibility index (Phi) is 4.09. The number of alkyl halides is 3. The molecule has 1 aliphatic rings. The van der Waals surface area contributed by atoms with Crippen molar-refractivity contribution in [3.05, 3.63) is 65.2 Å². The van der Waals surface area contributed by atoms with Gasteiger partial charge in [0.25, 0.3) is 0 Å². The first-order valence-corrected chi connectivity index (χ1v) is 7.67. The van der Waals surface area contributed by atoms with Gasteiger partial charge in [0, 0.05) is 5.69 Å². The van der Waals surface area contributed by atoms with Crippen LogP contribution in [0.4, 0.5) is 18.9 Å². The van der Waals surface area contributed by atoms with Crippen molar-refractivity contribution in [3.63, 3.8) is 0 Å². The zero-order valence-electron chi connectivity index (χ0n) is 13.0. The fourth-order valence-electron chi connectivity index (χ4n) is 2.94. The summed E-state index contributed by atoms with van der Waals surface area (Å²) in [6.07, 6.45) is -3.57. The molecule has 1 fully saturated rings. The Labute approximate surface area is 137 Å². The minimum absolute atomic E-state index is 0.209. The van der Waals surface area contributed by atoms with Gasteiger partial charge in [-0.1, -0.05) is 37.3 Å². The number of rotatable bonds is 3. The summed E-state index contributed by atoms with van der Waals surface area (Å²) in [5, 5.41) is 0. The quantitative estimate of drug-likeness (QED) is 0.871. The second-order valence-electron chi connectivity index (χ2n) is 5.82. The lowest BCUT2D eigenvalue weighted by molar-refractivity contribution is -0.137.